The Morgan fingerprint density at radius 2 is 2.15 bits per heavy atom. The van der Waals surface area contributed by atoms with Crippen LogP contribution in [0.5, 0.6) is 0 Å². The van der Waals surface area contributed by atoms with Crippen LogP contribution in [0.4, 0.5) is 4.39 Å². The van der Waals surface area contributed by atoms with E-state index in [2.05, 4.69) is 0 Å². The van der Waals surface area contributed by atoms with E-state index in [1.807, 2.05) is 0 Å². The number of carbonyl (C=O) groups excluding carboxylic acids is 1. The first-order valence-electron chi connectivity index (χ1n) is 6.26. The predicted molar refractivity (Wildman–Crippen MR) is 71.8 cm³/mol. The highest BCUT2D eigenvalue weighted by atomic mass is 19.1. The van der Waals surface area contributed by atoms with Gasteiger partial charge in [0.1, 0.15) is 5.82 Å². The van der Waals surface area contributed by atoms with Crippen LogP contribution in [0.1, 0.15) is 25.8 Å². The quantitative estimate of drug-likeness (QED) is 0.494. The van der Waals surface area contributed by atoms with Gasteiger partial charge in [-0.15, -0.1) is 0 Å². The van der Waals surface area contributed by atoms with Crippen molar-refractivity contribution >= 4 is 11.9 Å². The Morgan fingerprint density at radius 3 is 2.65 bits per heavy atom. The lowest BCUT2D eigenvalue weighted by molar-refractivity contribution is -0.161. The average Bonchev–Trinajstić information content (AvgIpc) is 2.39. The van der Waals surface area contributed by atoms with E-state index >= 15 is 0 Å². The molecule has 0 radical (unpaired) electrons. The van der Waals surface area contributed by atoms with E-state index in [1.165, 1.54) is 18.2 Å². The molecule has 0 saturated carbocycles. The van der Waals surface area contributed by atoms with Crippen LogP contribution in [0, 0.1) is 5.82 Å². The van der Waals surface area contributed by atoms with Crippen molar-refractivity contribution in [1.29, 1.82) is 0 Å². The molecule has 1 atom stereocenters. The van der Waals surface area contributed by atoms with Crippen molar-refractivity contribution in [2.75, 3.05) is 6.61 Å². The van der Waals surface area contributed by atoms with Gasteiger partial charge in [0, 0.05) is 0 Å². The number of allylic oxidation sites excluding steroid dienone is 2. The third kappa shape index (κ3) is 3.04. The van der Waals surface area contributed by atoms with Gasteiger partial charge < -0.3 is 9.84 Å². The Balaban J connectivity index is 3.43. The van der Waals surface area contributed by atoms with Gasteiger partial charge in [0.2, 0.25) is 0 Å². The zero-order chi connectivity index (χ0) is 15.2. The first-order chi connectivity index (χ1) is 9.48. The summed E-state index contributed by atoms with van der Waals surface area (Å²) in [5.74, 6) is -2.85. The smallest absolute Gasteiger partial charge is 0.328 e. The summed E-state index contributed by atoms with van der Waals surface area (Å²) in [7, 11) is 0. The molecule has 1 unspecified atom stereocenters. The monoisotopic (exact) mass is 280 g/mol. The van der Waals surface area contributed by atoms with Gasteiger partial charge in [-0.2, -0.15) is 0 Å². The molecule has 20 heavy (non-hydrogen) atoms. The first kappa shape index (κ1) is 15.9. The molecule has 1 aromatic rings. The number of carbonyl (C=O) groups is 2. The molecule has 0 spiro atoms. The zero-order valence-corrected chi connectivity index (χ0v) is 11.4. The Bertz CT molecular complexity index is 524. The van der Waals surface area contributed by atoms with Crippen LogP contribution >= 0.6 is 0 Å². The van der Waals surface area contributed by atoms with Crippen LogP contribution in [0.15, 0.2) is 36.4 Å². The SMILES string of the molecule is C/C=C/CC(C(=O)O)(C(=O)OCC)c1cccc(F)c1. The van der Waals surface area contributed by atoms with E-state index in [9.17, 15) is 19.1 Å². The van der Waals surface area contributed by atoms with E-state index in [0.29, 0.717) is 0 Å². The van der Waals surface area contributed by atoms with Crippen molar-refractivity contribution in [2.45, 2.75) is 25.7 Å². The van der Waals surface area contributed by atoms with Gasteiger partial charge in [-0.1, -0.05) is 24.3 Å². The molecule has 0 aliphatic heterocycles. The minimum atomic E-state index is -1.93. The lowest BCUT2D eigenvalue weighted by atomic mass is 9.77. The number of aliphatic carboxylic acids is 1. The summed E-state index contributed by atoms with van der Waals surface area (Å²) < 4.78 is 18.3. The molecule has 1 rings (SSSR count). The summed E-state index contributed by atoms with van der Waals surface area (Å²) in [4.78, 5) is 23.9. The standard InChI is InChI=1S/C15H17FO4/c1-3-5-9-15(13(17)18,14(19)20-4-2)11-7-6-8-12(16)10-11/h3,5-8,10H,4,9H2,1-2H3,(H,17,18)/b5-3+. The molecule has 0 aliphatic rings. The molecule has 0 fully saturated rings. The lowest BCUT2D eigenvalue weighted by Crippen LogP contribution is -2.44. The third-order valence-corrected chi connectivity index (χ3v) is 2.97. The number of benzene rings is 1. The Labute approximate surface area is 116 Å². The van der Waals surface area contributed by atoms with Gasteiger partial charge in [0.05, 0.1) is 6.61 Å². The van der Waals surface area contributed by atoms with E-state index in [1.54, 1.807) is 26.0 Å². The number of hydrogen-bond donors (Lipinski definition) is 1. The number of carboxylic acids is 1. The summed E-state index contributed by atoms with van der Waals surface area (Å²) in [6, 6.07) is 5.03. The molecule has 4 nitrogen and oxygen atoms in total. The van der Waals surface area contributed by atoms with Crippen molar-refractivity contribution < 1.29 is 23.8 Å². The number of carboxylic acid groups (broad SMARTS) is 1. The molecule has 0 saturated heterocycles. The molecular formula is C15H17FO4. The molecule has 1 N–H and O–H groups in total. The predicted octanol–water partition coefficient (Wildman–Crippen LogP) is 2.68. The maximum Gasteiger partial charge on any atom is 0.328 e. The minimum absolute atomic E-state index is 0.0546. The normalized spacial score (nSPS) is 13.9. The minimum Gasteiger partial charge on any atom is -0.480 e. The fraction of sp³-hybridized carbons (Fsp3) is 0.333. The summed E-state index contributed by atoms with van der Waals surface area (Å²) in [6.07, 6.45) is 3.09. The number of rotatable bonds is 6. The van der Waals surface area contributed by atoms with Crippen molar-refractivity contribution in [1.82, 2.24) is 0 Å². The van der Waals surface area contributed by atoms with Crippen LogP contribution in [0.2, 0.25) is 0 Å². The highest BCUT2D eigenvalue weighted by molar-refractivity contribution is 6.05. The molecule has 0 heterocycles. The maximum absolute atomic E-state index is 13.4. The molecule has 0 bridgehead atoms. The maximum atomic E-state index is 13.4. The van der Waals surface area contributed by atoms with Gasteiger partial charge in [-0.05, 0) is 38.0 Å². The van der Waals surface area contributed by atoms with Crippen molar-refractivity contribution in [3.05, 3.63) is 47.8 Å². The van der Waals surface area contributed by atoms with Crippen LogP contribution in [0.25, 0.3) is 0 Å². The zero-order valence-electron chi connectivity index (χ0n) is 11.4. The molecule has 0 aliphatic carbocycles. The van der Waals surface area contributed by atoms with E-state index in [4.69, 9.17) is 4.74 Å². The van der Waals surface area contributed by atoms with Crippen LogP contribution in [-0.4, -0.2) is 23.7 Å². The van der Waals surface area contributed by atoms with Gasteiger partial charge >= 0.3 is 11.9 Å². The Hall–Kier alpha value is -2.17. The molecule has 5 heteroatoms. The molecule has 0 amide bonds. The second-order valence-electron chi connectivity index (χ2n) is 4.21. The molecular weight excluding hydrogens is 263 g/mol. The molecule has 0 aromatic heterocycles. The number of halogens is 1. The Morgan fingerprint density at radius 1 is 1.45 bits per heavy atom. The fourth-order valence-electron chi connectivity index (χ4n) is 1.92. The van der Waals surface area contributed by atoms with Crippen molar-refractivity contribution in [3.8, 4) is 0 Å². The largest absolute Gasteiger partial charge is 0.480 e. The van der Waals surface area contributed by atoms with Gasteiger partial charge in [0.25, 0.3) is 0 Å². The summed E-state index contributed by atoms with van der Waals surface area (Å²) in [5, 5.41) is 9.53. The second-order valence-corrected chi connectivity index (χ2v) is 4.21. The van der Waals surface area contributed by atoms with Crippen LogP contribution in [0.3, 0.4) is 0 Å². The number of hydrogen-bond acceptors (Lipinski definition) is 3. The number of ether oxygens (including phenoxy) is 1. The van der Waals surface area contributed by atoms with E-state index in [-0.39, 0.29) is 18.6 Å². The topological polar surface area (TPSA) is 63.6 Å². The summed E-state index contributed by atoms with van der Waals surface area (Å²) in [6.45, 7) is 3.36. The molecule has 108 valence electrons. The Kier molecular flexibility index (Phi) is 5.43. The third-order valence-electron chi connectivity index (χ3n) is 2.97. The van der Waals surface area contributed by atoms with Crippen molar-refractivity contribution in [3.63, 3.8) is 0 Å². The summed E-state index contributed by atoms with van der Waals surface area (Å²) in [5.41, 5.74) is -1.86. The van der Waals surface area contributed by atoms with E-state index < -0.39 is 23.2 Å². The van der Waals surface area contributed by atoms with Crippen LogP contribution < -0.4 is 0 Å². The second kappa shape index (κ2) is 6.84. The van der Waals surface area contributed by atoms with Gasteiger partial charge in [0.15, 0.2) is 5.41 Å². The number of esters is 1. The lowest BCUT2D eigenvalue weighted by Gasteiger charge is -2.26. The first-order valence-corrected chi connectivity index (χ1v) is 6.26. The van der Waals surface area contributed by atoms with E-state index in [0.717, 1.165) is 6.07 Å². The average molecular weight is 280 g/mol. The van der Waals surface area contributed by atoms with Crippen LogP contribution in [-0.2, 0) is 19.7 Å². The highest BCUT2D eigenvalue weighted by Crippen LogP contribution is 2.31. The van der Waals surface area contributed by atoms with Crippen molar-refractivity contribution in [2.24, 2.45) is 0 Å². The van der Waals surface area contributed by atoms with Gasteiger partial charge in [-0.3, -0.25) is 9.59 Å². The summed E-state index contributed by atoms with van der Waals surface area (Å²) >= 11 is 0. The highest BCUT2D eigenvalue weighted by Gasteiger charge is 2.48. The van der Waals surface area contributed by atoms with Gasteiger partial charge in [-0.25, -0.2) is 4.39 Å². The fourth-order valence-corrected chi connectivity index (χ4v) is 1.92. The molecule has 1 aromatic carbocycles.